The topological polar surface area (TPSA) is 161 Å². The summed E-state index contributed by atoms with van der Waals surface area (Å²) in [5.74, 6) is -2.45. The van der Waals surface area contributed by atoms with E-state index in [1.165, 1.54) is 21.7 Å². The molecular weight excluding hydrogens is 721 g/mol. The van der Waals surface area contributed by atoms with E-state index < -0.39 is 55.6 Å². The molecule has 4 amide bonds. The number of benzene rings is 2. The van der Waals surface area contributed by atoms with Gasteiger partial charge in [-0.3, -0.25) is 24.4 Å². The Morgan fingerprint density at radius 3 is 2.32 bits per heavy atom. The number of hydrogen-bond acceptors (Lipinski definition) is 8. The van der Waals surface area contributed by atoms with Crippen LogP contribution in [0.25, 0.3) is 10.9 Å². The summed E-state index contributed by atoms with van der Waals surface area (Å²) in [6, 6.07) is 8.07. The molecule has 16 heteroatoms. The van der Waals surface area contributed by atoms with Crippen LogP contribution in [0.4, 0.5) is 14.9 Å². The Morgan fingerprint density at radius 2 is 1.74 bits per heavy atom. The molecule has 0 bridgehead atoms. The number of carbonyl (C=O) groups is 4. The van der Waals surface area contributed by atoms with Crippen LogP contribution in [0.15, 0.2) is 36.4 Å². The van der Waals surface area contributed by atoms with Crippen molar-refractivity contribution in [2.75, 3.05) is 39.1 Å². The fraction of sp³-hybridized carbons (Fsp3) is 0.541. The first-order valence-corrected chi connectivity index (χ1v) is 20.8. The van der Waals surface area contributed by atoms with Gasteiger partial charge in [0.2, 0.25) is 11.8 Å². The molecule has 0 saturated carbocycles. The number of rotatable bonds is 15. The van der Waals surface area contributed by atoms with E-state index in [9.17, 15) is 19.2 Å². The molecule has 4 N–H and O–H groups in total. The monoisotopic (exact) mass is 775 g/mol. The molecule has 292 valence electrons. The molecule has 3 aromatic rings. The number of fused-ring (bicyclic) bond motifs is 1. The zero-order chi connectivity index (χ0) is 40.1. The maximum absolute atomic E-state index is 15.2. The SMILES string of the molecule is C[C@@H](CO[Si](C)(C)C(C)(C)C)N(CC(=O)N[C@H](CCN(C)C)c1cccc(Cl)c1F)C(=O)Cn1nc(C(N)=O)c2cc(NC(=O)OC(C)(C)C)ccc21. The molecule has 0 aliphatic carbocycles. The van der Waals surface area contributed by atoms with Gasteiger partial charge in [0.1, 0.15) is 18.0 Å². The number of halogens is 2. The minimum absolute atomic E-state index is 0.0608. The fourth-order valence-electron chi connectivity index (χ4n) is 5.20. The Kier molecular flexibility index (Phi) is 14.2. The Hall–Kier alpha value is -4.05. The van der Waals surface area contributed by atoms with E-state index in [1.807, 2.05) is 19.0 Å². The summed E-state index contributed by atoms with van der Waals surface area (Å²) in [5.41, 5.74) is 5.81. The number of primary amides is 1. The number of nitrogens with zero attached hydrogens (tertiary/aromatic N) is 4. The highest BCUT2D eigenvalue weighted by Gasteiger charge is 2.38. The average Bonchev–Trinajstić information content (AvgIpc) is 3.38. The van der Waals surface area contributed by atoms with E-state index >= 15 is 4.39 Å². The third-order valence-corrected chi connectivity index (χ3v) is 13.9. The molecule has 0 saturated heterocycles. The van der Waals surface area contributed by atoms with Gasteiger partial charge < -0.3 is 30.0 Å². The normalized spacial score (nSPS) is 13.5. The van der Waals surface area contributed by atoms with Crippen LogP contribution in [0.1, 0.15) is 77.0 Å². The van der Waals surface area contributed by atoms with Gasteiger partial charge in [0, 0.05) is 16.6 Å². The molecule has 1 aromatic heterocycles. The van der Waals surface area contributed by atoms with Gasteiger partial charge in [-0.2, -0.15) is 5.10 Å². The second-order valence-electron chi connectivity index (χ2n) is 16.0. The van der Waals surface area contributed by atoms with Crippen molar-refractivity contribution in [1.82, 2.24) is 24.9 Å². The summed E-state index contributed by atoms with van der Waals surface area (Å²) in [6.07, 6.45) is -0.307. The molecule has 0 aliphatic heterocycles. The number of aromatic nitrogens is 2. The van der Waals surface area contributed by atoms with Gasteiger partial charge in [0.05, 0.1) is 35.8 Å². The van der Waals surface area contributed by atoms with Gasteiger partial charge in [-0.15, -0.1) is 0 Å². The third kappa shape index (κ3) is 12.0. The standard InChI is InChI=1S/C37H55ClFN7O6Si/c1-23(22-51-53(10,11)37(5,6)7)45(20-30(47)42-28(17-18-44(8)9)25-13-12-14-27(38)32(25)39)31(48)21-46-29-16-15-24(41-35(50)52-36(2,3)4)19-26(29)33(43-46)34(40)49/h12-16,19,23,28H,17-18,20-22H2,1-11H3,(H2,40,49)(H,41,50)(H,42,47)/t23-,28+/m0/s1. The van der Waals surface area contributed by atoms with Crippen molar-refractivity contribution in [2.45, 2.75) is 97.2 Å². The first-order valence-electron chi connectivity index (χ1n) is 17.5. The van der Waals surface area contributed by atoms with E-state index in [1.54, 1.807) is 52.0 Å². The Labute approximate surface area is 317 Å². The Balaban J connectivity index is 1.96. The van der Waals surface area contributed by atoms with Crippen molar-refractivity contribution in [1.29, 1.82) is 0 Å². The second-order valence-corrected chi connectivity index (χ2v) is 21.2. The molecule has 0 unspecified atom stereocenters. The van der Waals surface area contributed by atoms with Crippen LogP contribution in [0.3, 0.4) is 0 Å². The van der Waals surface area contributed by atoms with Crippen LogP contribution in [0.5, 0.6) is 0 Å². The van der Waals surface area contributed by atoms with Gasteiger partial charge in [0.15, 0.2) is 14.0 Å². The molecule has 13 nitrogen and oxygen atoms in total. The van der Waals surface area contributed by atoms with Gasteiger partial charge in [-0.05, 0) is 97.2 Å². The third-order valence-electron chi connectivity index (χ3n) is 9.13. The lowest BCUT2D eigenvalue weighted by atomic mass is 10.0. The molecule has 0 radical (unpaired) electrons. The molecule has 0 aliphatic rings. The van der Waals surface area contributed by atoms with Crippen LogP contribution >= 0.6 is 11.6 Å². The Bertz CT molecular complexity index is 1800. The highest BCUT2D eigenvalue weighted by Crippen LogP contribution is 2.36. The van der Waals surface area contributed by atoms with Crippen molar-refractivity contribution in [2.24, 2.45) is 5.73 Å². The molecule has 2 aromatic carbocycles. The summed E-state index contributed by atoms with van der Waals surface area (Å²) in [4.78, 5) is 56.2. The quantitative estimate of drug-likeness (QED) is 0.151. The van der Waals surface area contributed by atoms with Gasteiger partial charge in [-0.1, -0.05) is 44.5 Å². The number of hydrogen-bond donors (Lipinski definition) is 3. The van der Waals surface area contributed by atoms with Crippen molar-refractivity contribution >= 4 is 60.3 Å². The van der Waals surface area contributed by atoms with E-state index in [4.69, 9.17) is 26.5 Å². The molecular formula is C37H55ClFN7O6Si. The molecule has 0 spiro atoms. The zero-order valence-electron chi connectivity index (χ0n) is 32.7. The van der Waals surface area contributed by atoms with Crippen LogP contribution in [-0.4, -0.2) is 97.1 Å². The highest BCUT2D eigenvalue weighted by atomic mass is 35.5. The van der Waals surface area contributed by atoms with Gasteiger partial charge >= 0.3 is 6.09 Å². The summed E-state index contributed by atoms with van der Waals surface area (Å²) < 4.78 is 28.3. The number of carbonyl (C=O) groups excluding carboxylic acids is 4. The maximum atomic E-state index is 15.2. The summed E-state index contributed by atoms with van der Waals surface area (Å²) in [5, 5.41) is 10.1. The zero-order valence-corrected chi connectivity index (χ0v) is 34.5. The van der Waals surface area contributed by atoms with E-state index in [2.05, 4.69) is 49.6 Å². The number of anilines is 1. The molecule has 0 fully saturated rings. The first-order chi connectivity index (χ1) is 24.4. The lowest BCUT2D eigenvalue weighted by Gasteiger charge is -2.38. The predicted octanol–water partition coefficient (Wildman–Crippen LogP) is 6.32. The number of nitrogens with two attached hydrogens (primary N) is 1. The minimum Gasteiger partial charge on any atom is -0.444 e. The lowest BCUT2D eigenvalue weighted by molar-refractivity contribution is -0.139. The summed E-state index contributed by atoms with van der Waals surface area (Å²) in [6.45, 7) is 17.5. The van der Waals surface area contributed by atoms with E-state index in [-0.39, 0.29) is 41.0 Å². The first kappa shape index (κ1) is 43.4. The summed E-state index contributed by atoms with van der Waals surface area (Å²) in [7, 11) is 1.50. The minimum atomic E-state index is -2.25. The molecule has 2 atom stereocenters. The number of amides is 4. The number of ether oxygens (including phenoxy) is 1. The maximum Gasteiger partial charge on any atom is 0.412 e. The van der Waals surface area contributed by atoms with Gasteiger partial charge in [0.25, 0.3) is 5.91 Å². The van der Waals surface area contributed by atoms with Crippen LogP contribution < -0.4 is 16.4 Å². The van der Waals surface area contributed by atoms with E-state index in [0.717, 1.165) is 0 Å². The molecule has 3 rings (SSSR count). The summed E-state index contributed by atoms with van der Waals surface area (Å²) >= 11 is 6.10. The average molecular weight is 776 g/mol. The fourth-order valence-corrected chi connectivity index (χ4v) is 6.47. The largest absolute Gasteiger partial charge is 0.444 e. The van der Waals surface area contributed by atoms with Gasteiger partial charge in [-0.25, -0.2) is 9.18 Å². The molecule has 53 heavy (non-hydrogen) atoms. The van der Waals surface area contributed by atoms with Crippen molar-refractivity contribution in [3.05, 3.63) is 58.5 Å². The predicted molar refractivity (Wildman–Crippen MR) is 208 cm³/mol. The van der Waals surface area contributed by atoms with E-state index in [0.29, 0.717) is 29.6 Å². The second kappa shape index (κ2) is 17.4. The smallest absolute Gasteiger partial charge is 0.412 e. The molecule has 1 heterocycles. The van der Waals surface area contributed by atoms with Crippen LogP contribution in [0.2, 0.25) is 23.2 Å². The van der Waals surface area contributed by atoms with Crippen molar-refractivity contribution < 1.29 is 32.7 Å². The Morgan fingerprint density at radius 1 is 1.08 bits per heavy atom. The highest BCUT2D eigenvalue weighted by molar-refractivity contribution is 6.74. The van der Waals surface area contributed by atoms with Crippen LogP contribution in [-0.2, 0) is 25.3 Å². The van der Waals surface area contributed by atoms with Crippen LogP contribution in [0, 0.1) is 5.82 Å². The van der Waals surface area contributed by atoms with Crippen molar-refractivity contribution in [3.8, 4) is 0 Å². The number of nitrogens with one attached hydrogen (secondary N) is 2. The van der Waals surface area contributed by atoms with Crippen molar-refractivity contribution in [3.63, 3.8) is 0 Å². The lowest BCUT2D eigenvalue weighted by Crippen LogP contribution is -2.51.